The van der Waals surface area contributed by atoms with Gasteiger partial charge in [0.25, 0.3) is 0 Å². The minimum Gasteiger partial charge on any atom is -0.460 e. The molecule has 0 radical (unpaired) electrons. The van der Waals surface area contributed by atoms with Crippen LogP contribution in [0.5, 0.6) is 6.01 Å². The van der Waals surface area contributed by atoms with E-state index in [0.29, 0.717) is 31.0 Å². The lowest BCUT2D eigenvalue weighted by atomic mass is 9.95. The smallest absolute Gasteiger partial charge is 0.416 e. The van der Waals surface area contributed by atoms with Gasteiger partial charge in [0.15, 0.2) is 5.82 Å². The van der Waals surface area contributed by atoms with Crippen molar-refractivity contribution in [1.29, 1.82) is 0 Å². The summed E-state index contributed by atoms with van der Waals surface area (Å²) in [6.45, 7) is 4.84. The number of rotatable bonds is 11. The monoisotopic (exact) mass is 538 g/mol. The van der Waals surface area contributed by atoms with Gasteiger partial charge in [0.05, 0.1) is 23.8 Å². The van der Waals surface area contributed by atoms with Crippen molar-refractivity contribution in [3.63, 3.8) is 0 Å². The molecule has 7 nitrogen and oxygen atoms in total. The lowest BCUT2D eigenvalue weighted by Gasteiger charge is -2.16. The number of amides is 1. The fourth-order valence-electron chi connectivity index (χ4n) is 4.07. The molecule has 0 aliphatic carbocycles. The van der Waals surface area contributed by atoms with E-state index in [1.54, 1.807) is 24.3 Å². The van der Waals surface area contributed by atoms with Crippen molar-refractivity contribution in [2.45, 2.75) is 32.4 Å². The Morgan fingerprint density at radius 1 is 0.974 bits per heavy atom. The molecule has 0 saturated heterocycles. The lowest BCUT2D eigenvalue weighted by Crippen LogP contribution is -2.20. The molecule has 4 aromatic rings. The molecule has 0 bridgehead atoms. The van der Waals surface area contributed by atoms with E-state index in [2.05, 4.69) is 15.4 Å². The van der Waals surface area contributed by atoms with E-state index in [4.69, 9.17) is 9.47 Å². The van der Waals surface area contributed by atoms with Gasteiger partial charge < -0.3 is 14.8 Å². The van der Waals surface area contributed by atoms with Crippen LogP contribution in [0.15, 0.2) is 78.9 Å². The summed E-state index contributed by atoms with van der Waals surface area (Å²) in [6.07, 6.45) is -3.87. The second-order valence-electron chi connectivity index (χ2n) is 8.66. The van der Waals surface area contributed by atoms with Crippen molar-refractivity contribution in [1.82, 2.24) is 14.8 Å². The zero-order valence-electron chi connectivity index (χ0n) is 21.6. The zero-order valence-corrected chi connectivity index (χ0v) is 21.6. The Labute approximate surface area is 224 Å². The molecular formula is C29H29F3N4O3. The zero-order chi connectivity index (χ0) is 27.8. The summed E-state index contributed by atoms with van der Waals surface area (Å²) in [6, 6.07) is 21.2. The first kappa shape index (κ1) is 27.8. The van der Waals surface area contributed by atoms with Gasteiger partial charge in [-0.05, 0) is 55.3 Å². The summed E-state index contributed by atoms with van der Waals surface area (Å²) in [5.41, 5.74) is 1.47. The summed E-state index contributed by atoms with van der Waals surface area (Å²) in [5.74, 6) is -0.253. The Bertz CT molecular complexity index is 1370. The highest BCUT2D eigenvalue weighted by Gasteiger charge is 2.31. The number of carbonyl (C=O) groups is 1. The molecule has 1 atom stereocenters. The highest BCUT2D eigenvalue weighted by molar-refractivity contribution is 5.95. The first-order valence-electron chi connectivity index (χ1n) is 12.6. The molecule has 1 amide bonds. The molecule has 10 heteroatoms. The molecule has 39 heavy (non-hydrogen) atoms. The fourth-order valence-corrected chi connectivity index (χ4v) is 4.07. The number of halogens is 3. The maximum Gasteiger partial charge on any atom is 0.416 e. The Kier molecular flexibility index (Phi) is 8.98. The van der Waals surface area contributed by atoms with Crippen LogP contribution in [0.4, 0.5) is 18.9 Å². The number of hydrogen-bond acceptors (Lipinski definition) is 5. The number of anilines is 1. The number of benzene rings is 3. The van der Waals surface area contributed by atoms with Crippen molar-refractivity contribution >= 4 is 11.6 Å². The predicted octanol–water partition coefficient (Wildman–Crippen LogP) is 6.50. The quantitative estimate of drug-likeness (QED) is 0.221. The Morgan fingerprint density at radius 3 is 2.38 bits per heavy atom. The molecule has 0 unspecified atom stereocenters. The van der Waals surface area contributed by atoms with Crippen LogP contribution in [0, 0.1) is 0 Å². The van der Waals surface area contributed by atoms with Crippen LogP contribution in [0.25, 0.3) is 17.1 Å². The number of nitrogens with zero attached hydrogens (tertiary/aromatic N) is 3. The minimum absolute atomic E-state index is 0.00754. The number of nitrogens with one attached hydrogen (secondary N) is 1. The molecule has 1 heterocycles. The molecule has 4 rings (SSSR count). The number of alkyl halides is 3. The van der Waals surface area contributed by atoms with Crippen LogP contribution in [-0.4, -0.2) is 40.5 Å². The van der Waals surface area contributed by atoms with E-state index in [1.807, 2.05) is 44.2 Å². The summed E-state index contributed by atoms with van der Waals surface area (Å²) in [5, 5.41) is 7.31. The summed E-state index contributed by atoms with van der Waals surface area (Å²) in [7, 11) is 0. The molecule has 0 aliphatic rings. The maximum absolute atomic E-state index is 13.4. The Hall–Kier alpha value is -4.18. The van der Waals surface area contributed by atoms with E-state index in [0.717, 1.165) is 17.7 Å². The average molecular weight is 539 g/mol. The van der Waals surface area contributed by atoms with E-state index < -0.39 is 11.7 Å². The topological polar surface area (TPSA) is 78.3 Å². The number of aromatic nitrogens is 3. The molecular weight excluding hydrogens is 509 g/mol. The highest BCUT2D eigenvalue weighted by atomic mass is 19.4. The number of carbonyl (C=O) groups excluding carboxylic acids is 1. The van der Waals surface area contributed by atoms with Gasteiger partial charge in [-0.1, -0.05) is 49.4 Å². The van der Waals surface area contributed by atoms with E-state index >= 15 is 0 Å². The van der Waals surface area contributed by atoms with Gasteiger partial charge in [0, 0.05) is 17.9 Å². The molecule has 3 aromatic carbocycles. The molecule has 0 spiro atoms. The van der Waals surface area contributed by atoms with Gasteiger partial charge in [-0.25, -0.2) is 4.68 Å². The Morgan fingerprint density at radius 2 is 1.72 bits per heavy atom. The van der Waals surface area contributed by atoms with Crippen LogP contribution in [-0.2, 0) is 15.7 Å². The highest BCUT2D eigenvalue weighted by Crippen LogP contribution is 2.33. The minimum atomic E-state index is -4.51. The van der Waals surface area contributed by atoms with Crippen molar-refractivity contribution in [2.75, 3.05) is 25.1 Å². The fraction of sp³-hybridized carbons (Fsp3) is 0.276. The predicted molar refractivity (Wildman–Crippen MR) is 142 cm³/mol. The normalized spacial score (nSPS) is 12.2. The van der Waals surface area contributed by atoms with Gasteiger partial charge in [0.2, 0.25) is 5.91 Å². The van der Waals surface area contributed by atoms with Crippen LogP contribution in [0.3, 0.4) is 0 Å². The molecule has 1 N–H and O–H groups in total. The standard InChI is InChI=1S/C29H29F3N4O3/c1-3-25(20-9-6-5-7-10-20)27(37)33-23-13-15-24(16-14-23)36-26(34-28(35-36)39-18-17-38-4-2)21-11-8-12-22(19-21)29(30,31)32/h5-16,19,25H,3-4,17-18H2,1-2H3,(H,33,37)/t25-/m0/s1. The van der Waals surface area contributed by atoms with Crippen molar-refractivity contribution in [3.05, 3.63) is 90.0 Å². The third-order valence-electron chi connectivity index (χ3n) is 6.00. The van der Waals surface area contributed by atoms with Crippen LogP contribution < -0.4 is 10.1 Å². The average Bonchev–Trinajstić information content (AvgIpc) is 3.36. The molecule has 0 fully saturated rings. The van der Waals surface area contributed by atoms with Crippen molar-refractivity contribution < 1.29 is 27.4 Å². The van der Waals surface area contributed by atoms with Gasteiger partial charge in [0.1, 0.15) is 6.61 Å². The Balaban J connectivity index is 1.60. The third-order valence-corrected chi connectivity index (χ3v) is 6.00. The van der Waals surface area contributed by atoms with E-state index in [9.17, 15) is 18.0 Å². The van der Waals surface area contributed by atoms with Gasteiger partial charge >= 0.3 is 12.2 Å². The number of hydrogen-bond donors (Lipinski definition) is 1. The first-order chi connectivity index (χ1) is 18.8. The summed E-state index contributed by atoms with van der Waals surface area (Å²) >= 11 is 0. The van der Waals surface area contributed by atoms with Crippen LogP contribution >= 0.6 is 0 Å². The summed E-state index contributed by atoms with van der Waals surface area (Å²) in [4.78, 5) is 17.3. The SMILES string of the molecule is CCOCCOc1nc(-c2cccc(C(F)(F)F)c2)n(-c2ccc(NC(=O)[C@@H](CC)c3ccccc3)cc2)n1. The number of ether oxygens (including phenoxy) is 2. The molecule has 0 aliphatic heterocycles. The largest absolute Gasteiger partial charge is 0.460 e. The summed E-state index contributed by atoms with van der Waals surface area (Å²) < 4.78 is 52.4. The van der Waals surface area contributed by atoms with Crippen LogP contribution in [0.1, 0.15) is 37.3 Å². The molecule has 0 saturated carbocycles. The van der Waals surface area contributed by atoms with Gasteiger partial charge in [-0.2, -0.15) is 18.2 Å². The second-order valence-corrected chi connectivity index (χ2v) is 8.66. The van der Waals surface area contributed by atoms with E-state index in [1.165, 1.54) is 16.8 Å². The van der Waals surface area contributed by atoms with Gasteiger partial charge in [-0.3, -0.25) is 4.79 Å². The van der Waals surface area contributed by atoms with Crippen molar-refractivity contribution in [2.24, 2.45) is 0 Å². The van der Waals surface area contributed by atoms with Gasteiger partial charge in [-0.15, -0.1) is 5.10 Å². The maximum atomic E-state index is 13.4. The molecule has 204 valence electrons. The van der Waals surface area contributed by atoms with Crippen LogP contribution in [0.2, 0.25) is 0 Å². The van der Waals surface area contributed by atoms with E-state index in [-0.39, 0.29) is 35.8 Å². The first-order valence-corrected chi connectivity index (χ1v) is 12.6. The molecule has 1 aromatic heterocycles. The third kappa shape index (κ3) is 7.02. The lowest BCUT2D eigenvalue weighted by molar-refractivity contribution is -0.137. The second kappa shape index (κ2) is 12.6. The van der Waals surface area contributed by atoms with Crippen molar-refractivity contribution in [3.8, 4) is 23.1 Å².